The number of hydrogen-bond donors (Lipinski definition) is 0. The van der Waals surface area contributed by atoms with Crippen molar-refractivity contribution in [2.24, 2.45) is 0 Å². The van der Waals surface area contributed by atoms with E-state index in [-0.39, 0.29) is 18.3 Å². The van der Waals surface area contributed by atoms with Gasteiger partial charge in [-0.25, -0.2) is 0 Å². The fraction of sp³-hybridized carbons (Fsp3) is 0.500. The fourth-order valence-electron chi connectivity index (χ4n) is 1.87. The Labute approximate surface area is 91.0 Å². The zero-order valence-electron chi connectivity index (χ0n) is 8.93. The second kappa shape index (κ2) is 6.17. The van der Waals surface area contributed by atoms with Crippen LogP contribution in [-0.2, 0) is 14.2 Å². The highest BCUT2D eigenvalue weighted by molar-refractivity contribution is 4.85. The quantitative estimate of drug-likeness (QED) is 0.631. The Bertz CT molecular complexity index is 225. The van der Waals surface area contributed by atoms with Crippen molar-refractivity contribution in [2.75, 3.05) is 0 Å². The summed E-state index contributed by atoms with van der Waals surface area (Å²) in [6.45, 7) is 10.7. The summed E-state index contributed by atoms with van der Waals surface area (Å²) in [6, 6.07) is 0. The van der Waals surface area contributed by atoms with E-state index in [1.54, 1.807) is 0 Å². The van der Waals surface area contributed by atoms with Gasteiger partial charge in [-0.15, -0.1) is 0 Å². The van der Waals surface area contributed by atoms with Gasteiger partial charge in [0.05, 0.1) is 18.8 Å². The predicted molar refractivity (Wildman–Crippen MR) is 59.1 cm³/mol. The summed E-state index contributed by atoms with van der Waals surface area (Å²) >= 11 is 0. The summed E-state index contributed by atoms with van der Waals surface area (Å²) in [5.74, 6) is 0. The number of hydrogen-bond acceptors (Lipinski definition) is 3. The Balaban J connectivity index is 2.51. The standard InChI is InChI=1S/C12H18O3/c1-4-13-10-7-8-11(14-5-2)12(9-10)15-6-3/h4-6,10-12H,1-3,7-9H2. The van der Waals surface area contributed by atoms with Crippen molar-refractivity contribution in [3.63, 3.8) is 0 Å². The van der Waals surface area contributed by atoms with Crippen LogP contribution in [0.2, 0.25) is 0 Å². The van der Waals surface area contributed by atoms with Crippen molar-refractivity contribution < 1.29 is 14.2 Å². The first kappa shape index (κ1) is 11.7. The maximum absolute atomic E-state index is 5.40. The molecule has 0 heterocycles. The second-order valence-electron chi connectivity index (χ2n) is 3.42. The maximum atomic E-state index is 5.40. The summed E-state index contributed by atoms with van der Waals surface area (Å²) in [5.41, 5.74) is 0. The minimum Gasteiger partial charge on any atom is -0.499 e. The molecule has 1 aliphatic rings. The molecule has 1 saturated carbocycles. The van der Waals surface area contributed by atoms with E-state index >= 15 is 0 Å². The zero-order chi connectivity index (χ0) is 11.1. The molecule has 0 saturated heterocycles. The molecule has 0 bridgehead atoms. The first-order valence-electron chi connectivity index (χ1n) is 5.11. The van der Waals surface area contributed by atoms with Gasteiger partial charge in [0.25, 0.3) is 0 Å². The summed E-state index contributed by atoms with van der Waals surface area (Å²) in [6.07, 6.45) is 7.20. The highest BCUT2D eigenvalue weighted by Gasteiger charge is 2.32. The fourth-order valence-corrected chi connectivity index (χ4v) is 1.87. The van der Waals surface area contributed by atoms with Crippen molar-refractivity contribution >= 4 is 0 Å². The van der Waals surface area contributed by atoms with E-state index in [2.05, 4.69) is 19.7 Å². The van der Waals surface area contributed by atoms with Gasteiger partial charge >= 0.3 is 0 Å². The lowest BCUT2D eigenvalue weighted by Crippen LogP contribution is -2.38. The van der Waals surface area contributed by atoms with E-state index in [0.717, 1.165) is 19.3 Å². The first-order valence-corrected chi connectivity index (χ1v) is 5.11. The van der Waals surface area contributed by atoms with E-state index in [0.29, 0.717) is 0 Å². The van der Waals surface area contributed by atoms with Gasteiger partial charge in [0.2, 0.25) is 0 Å². The molecule has 3 atom stereocenters. The van der Waals surface area contributed by atoms with Crippen LogP contribution in [0.1, 0.15) is 19.3 Å². The molecule has 3 nitrogen and oxygen atoms in total. The summed E-state index contributed by atoms with van der Waals surface area (Å²) in [4.78, 5) is 0. The SMILES string of the molecule is C=COC1CCC(OC=C)C(OC=C)C1. The predicted octanol–water partition coefficient (Wildman–Crippen LogP) is 2.76. The molecule has 1 aliphatic carbocycles. The van der Waals surface area contributed by atoms with Crippen molar-refractivity contribution in [3.8, 4) is 0 Å². The molecule has 15 heavy (non-hydrogen) atoms. The first-order chi connectivity index (χ1) is 7.31. The lowest BCUT2D eigenvalue weighted by atomic mass is 9.92. The van der Waals surface area contributed by atoms with Crippen LogP contribution in [0.5, 0.6) is 0 Å². The molecule has 0 aromatic heterocycles. The third-order valence-electron chi connectivity index (χ3n) is 2.51. The van der Waals surface area contributed by atoms with Gasteiger partial charge in [-0.2, -0.15) is 0 Å². The zero-order valence-corrected chi connectivity index (χ0v) is 8.93. The van der Waals surface area contributed by atoms with Gasteiger partial charge in [0.15, 0.2) is 0 Å². The largest absolute Gasteiger partial charge is 0.499 e. The molecule has 84 valence electrons. The van der Waals surface area contributed by atoms with Crippen molar-refractivity contribution in [1.29, 1.82) is 0 Å². The van der Waals surface area contributed by atoms with E-state index in [1.165, 1.54) is 18.8 Å². The molecule has 0 spiro atoms. The van der Waals surface area contributed by atoms with Gasteiger partial charge in [-0.3, -0.25) is 0 Å². The average Bonchev–Trinajstić information content (AvgIpc) is 2.23. The van der Waals surface area contributed by atoms with Crippen LogP contribution in [0.4, 0.5) is 0 Å². The minimum atomic E-state index is -0.0146. The highest BCUT2D eigenvalue weighted by Crippen LogP contribution is 2.26. The third kappa shape index (κ3) is 3.35. The Morgan fingerprint density at radius 2 is 1.40 bits per heavy atom. The second-order valence-corrected chi connectivity index (χ2v) is 3.42. The summed E-state index contributed by atoms with van der Waals surface area (Å²) < 4.78 is 16.1. The Morgan fingerprint density at radius 3 is 2.00 bits per heavy atom. The molecule has 0 radical (unpaired) electrons. The molecular formula is C12H18O3. The van der Waals surface area contributed by atoms with Crippen molar-refractivity contribution in [2.45, 2.75) is 37.6 Å². The van der Waals surface area contributed by atoms with Crippen LogP contribution in [0.25, 0.3) is 0 Å². The molecular weight excluding hydrogens is 192 g/mol. The molecule has 0 aliphatic heterocycles. The van der Waals surface area contributed by atoms with Crippen LogP contribution < -0.4 is 0 Å². The molecule has 3 heteroatoms. The normalized spacial score (nSPS) is 30.0. The van der Waals surface area contributed by atoms with E-state index in [1.807, 2.05) is 0 Å². The molecule has 0 aromatic carbocycles. The van der Waals surface area contributed by atoms with Gasteiger partial charge in [0.1, 0.15) is 18.3 Å². The third-order valence-corrected chi connectivity index (χ3v) is 2.51. The van der Waals surface area contributed by atoms with E-state index < -0.39 is 0 Å². The molecule has 1 fully saturated rings. The lowest BCUT2D eigenvalue weighted by molar-refractivity contribution is -0.0636. The molecule has 0 aromatic rings. The maximum Gasteiger partial charge on any atom is 0.138 e. The van der Waals surface area contributed by atoms with Crippen LogP contribution >= 0.6 is 0 Å². The highest BCUT2D eigenvalue weighted by atomic mass is 16.5. The average molecular weight is 210 g/mol. The van der Waals surface area contributed by atoms with Crippen molar-refractivity contribution in [1.82, 2.24) is 0 Å². The Hall–Kier alpha value is -1.38. The smallest absolute Gasteiger partial charge is 0.138 e. The van der Waals surface area contributed by atoms with E-state index in [4.69, 9.17) is 14.2 Å². The van der Waals surface area contributed by atoms with Crippen molar-refractivity contribution in [3.05, 3.63) is 38.5 Å². The van der Waals surface area contributed by atoms with Gasteiger partial charge < -0.3 is 14.2 Å². The Kier molecular flexibility index (Phi) is 4.81. The summed E-state index contributed by atoms with van der Waals surface area (Å²) in [7, 11) is 0. The molecule has 0 amide bonds. The minimum absolute atomic E-state index is 0.0146. The van der Waals surface area contributed by atoms with Gasteiger partial charge in [-0.05, 0) is 12.8 Å². The number of rotatable bonds is 6. The van der Waals surface area contributed by atoms with Gasteiger partial charge in [-0.1, -0.05) is 19.7 Å². The van der Waals surface area contributed by atoms with Crippen LogP contribution in [0.3, 0.4) is 0 Å². The topological polar surface area (TPSA) is 27.7 Å². The Morgan fingerprint density at radius 1 is 0.800 bits per heavy atom. The molecule has 1 rings (SSSR count). The molecule has 0 N–H and O–H groups in total. The van der Waals surface area contributed by atoms with E-state index in [9.17, 15) is 0 Å². The van der Waals surface area contributed by atoms with Crippen LogP contribution in [-0.4, -0.2) is 18.3 Å². The van der Waals surface area contributed by atoms with Crippen LogP contribution in [0, 0.1) is 0 Å². The van der Waals surface area contributed by atoms with Crippen LogP contribution in [0.15, 0.2) is 38.5 Å². The van der Waals surface area contributed by atoms with Gasteiger partial charge in [0, 0.05) is 6.42 Å². The monoisotopic (exact) mass is 210 g/mol. The summed E-state index contributed by atoms with van der Waals surface area (Å²) in [5, 5.41) is 0. The molecule has 3 unspecified atom stereocenters. The number of ether oxygens (including phenoxy) is 3. The lowest BCUT2D eigenvalue weighted by Gasteiger charge is -2.34.